The van der Waals surface area contributed by atoms with E-state index in [-0.39, 0.29) is 0 Å². The highest BCUT2D eigenvalue weighted by Crippen LogP contribution is 2.00. The van der Waals surface area contributed by atoms with Crippen LogP contribution in [0.15, 0.2) is 6.20 Å². The molecule has 4 nitrogen and oxygen atoms in total. The van der Waals surface area contributed by atoms with Crippen molar-refractivity contribution in [2.75, 3.05) is 13.1 Å². The number of unbranched alkanes of at least 4 members (excludes halogenated alkanes) is 1. The lowest BCUT2D eigenvalue weighted by Crippen LogP contribution is -2.13. The Balaban J connectivity index is 0. The van der Waals surface area contributed by atoms with Gasteiger partial charge in [-0.2, -0.15) is 0 Å². The summed E-state index contributed by atoms with van der Waals surface area (Å²) in [6, 6.07) is 0. The van der Waals surface area contributed by atoms with Crippen molar-refractivity contribution >= 4 is 0 Å². The number of rotatable bonds is 7. The van der Waals surface area contributed by atoms with Crippen LogP contribution in [0, 0.1) is 0 Å². The van der Waals surface area contributed by atoms with Crippen molar-refractivity contribution in [2.45, 2.75) is 67.3 Å². The summed E-state index contributed by atoms with van der Waals surface area (Å²) in [6.45, 7) is 15.3. The van der Waals surface area contributed by atoms with Gasteiger partial charge < -0.3 is 5.32 Å². The molecule has 1 aromatic heterocycles. The average Bonchev–Trinajstić information content (AvgIpc) is 2.91. The highest BCUT2D eigenvalue weighted by Gasteiger charge is 1.98. The predicted molar refractivity (Wildman–Crippen MR) is 79.9 cm³/mol. The minimum atomic E-state index is 0.907. The maximum Gasteiger partial charge on any atom is 0.0827 e. The lowest BCUT2D eigenvalue weighted by molar-refractivity contribution is 0.624. The molecule has 0 saturated carbocycles. The smallest absolute Gasteiger partial charge is 0.0827 e. The first-order chi connectivity index (χ1) is 8.86. The van der Waals surface area contributed by atoms with E-state index in [9.17, 15) is 0 Å². The summed E-state index contributed by atoms with van der Waals surface area (Å²) in [7, 11) is 0. The largest absolute Gasteiger partial charge is 0.317 e. The van der Waals surface area contributed by atoms with Gasteiger partial charge in [0.05, 0.1) is 5.69 Å². The van der Waals surface area contributed by atoms with Gasteiger partial charge >= 0.3 is 0 Å². The van der Waals surface area contributed by atoms with E-state index in [1.165, 1.54) is 12.8 Å². The second kappa shape index (κ2) is 16.1. The standard InChI is InChI=1S/C10H20N4.2C2H6/c1-3-11-8-6-5-7-10-9-14(4-2)13-12-10;2*1-2/h9,11H,3-8H2,1-2H3;2*1-2H3. The number of nitrogens with one attached hydrogen (secondary N) is 1. The molecule has 1 N–H and O–H groups in total. The molecule has 1 heterocycles. The van der Waals surface area contributed by atoms with Crippen molar-refractivity contribution in [3.05, 3.63) is 11.9 Å². The number of aromatic nitrogens is 3. The van der Waals surface area contributed by atoms with Crippen molar-refractivity contribution in [1.82, 2.24) is 20.3 Å². The van der Waals surface area contributed by atoms with E-state index < -0.39 is 0 Å². The fraction of sp³-hybridized carbons (Fsp3) is 0.857. The minimum absolute atomic E-state index is 0.907. The van der Waals surface area contributed by atoms with Gasteiger partial charge in [-0.3, -0.25) is 4.68 Å². The Morgan fingerprint density at radius 3 is 2.28 bits per heavy atom. The van der Waals surface area contributed by atoms with Crippen molar-refractivity contribution in [2.24, 2.45) is 0 Å². The molecule has 108 valence electrons. The van der Waals surface area contributed by atoms with E-state index in [0.29, 0.717) is 0 Å². The third kappa shape index (κ3) is 10.3. The maximum absolute atomic E-state index is 4.10. The average molecular weight is 256 g/mol. The van der Waals surface area contributed by atoms with E-state index in [4.69, 9.17) is 0 Å². The summed E-state index contributed by atoms with van der Waals surface area (Å²) in [5.41, 5.74) is 1.11. The van der Waals surface area contributed by atoms with Crippen molar-refractivity contribution in [3.63, 3.8) is 0 Å². The van der Waals surface area contributed by atoms with Crippen LogP contribution < -0.4 is 5.32 Å². The third-order valence-corrected chi connectivity index (χ3v) is 2.20. The van der Waals surface area contributed by atoms with Crippen molar-refractivity contribution in [1.29, 1.82) is 0 Å². The minimum Gasteiger partial charge on any atom is -0.317 e. The zero-order valence-corrected chi connectivity index (χ0v) is 13.2. The molecule has 0 aliphatic heterocycles. The van der Waals surface area contributed by atoms with E-state index in [0.717, 1.165) is 31.7 Å². The van der Waals surface area contributed by atoms with Gasteiger partial charge in [0.1, 0.15) is 0 Å². The molecule has 0 aromatic carbocycles. The molecule has 0 fully saturated rings. The lowest BCUT2D eigenvalue weighted by atomic mass is 10.2. The first kappa shape index (κ1) is 19.4. The highest BCUT2D eigenvalue weighted by molar-refractivity contribution is 4.91. The highest BCUT2D eigenvalue weighted by atomic mass is 15.4. The predicted octanol–water partition coefficient (Wildman–Crippen LogP) is 3.28. The van der Waals surface area contributed by atoms with E-state index in [1.807, 2.05) is 38.6 Å². The Bertz CT molecular complexity index is 246. The Labute approximate surface area is 113 Å². The maximum atomic E-state index is 4.10. The summed E-state index contributed by atoms with van der Waals surface area (Å²) in [6.07, 6.45) is 5.49. The molecule has 0 saturated heterocycles. The molecular formula is C14H32N4. The summed E-state index contributed by atoms with van der Waals surface area (Å²) < 4.78 is 1.87. The van der Waals surface area contributed by atoms with Gasteiger partial charge in [0.25, 0.3) is 0 Å². The summed E-state index contributed by atoms with van der Waals surface area (Å²) in [5, 5.41) is 11.4. The van der Waals surface area contributed by atoms with Crippen molar-refractivity contribution < 1.29 is 0 Å². The molecule has 0 aliphatic carbocycles. The van der Waals surface area contributed by atoms with Crippen LogP contribution in [0.5, 0.6) is 0 Å². The Kier molecular flexibility index (Phi) is 17.4. The Morgan fingerprint density at radius 1 is 1.11 bits per heavy atom. The van der Waals surface area contributed by atoms with Gasteiger partial charge in [-0.1, -0.05) is 39.8 Å². The van der Waals surface area contributed by atoms with E-state index in [1.54, 1.807) is 0 Å². The second-order valence-corrected chi connectivity index (χ2v) is 3.38. The second-order valence-electron chi connectivity index (χ2n) is 3.38. The SMILES string of the molecule is CC.CC.CCNCCCCc1cn(CC)nn1. The van der Waals surface area contributed by atoms with Gasteiger partial charge in [0, 0.05) is 12.7 Å². The van der Waals surface area contributed by atoms with Crippen LogP contribution in [0.1, 0.15) is 60.1 Å². The molecule has 4 heteroatoms. The molecule has 0 amide bonds. The van der Waals surface area contributed by atoms with Crippen LogP contribution in [0.25, 0.3) is 0 Å². The Morgan fingerprint density at radius 2 is 1.78 bits per heavy atom. The Hall–Kier alpha value is -0.900. The zero-order valence-electron chi connectivity index (χ0n) is 13.2. The quantitative estimate of drug-likeness (QED) is 0.761. The molecule has 1 aromatic rings. The first-order valence-corrected chi connectivity index (χ1v) is 7.46. The summed E-state index contributed by atoms with van der Waals surface area (Å²) in [4.78, 5) is 0. The van der Waals surface area contributed by atoms with E-state index in [2.05, 4.69) is 29.5 Å². The number of nitrogens with zero attached hydrogens (tertiary/aromatic N) is 3. The molecule has 0 aliphatic rings. The molecule has 18 heavy (non-hydrogen) atoms. The number of aryl methyl sites for hydroxylation is 2. The molecule has 0 radical (unpaired) electrons. The summed E-state index contributed by atoms with van der Waals surface area (Å²) in [5.74, 6) is 0. The van der Waals surface area contributed by atoms with Crippen LogP contribution in [0.2, 0.25) is 0 Å². The van der Waals surface area contributed by atoms with Crippen LogP contribution >= 0.6 is 0 Å². The summed E-state index contributed by atoms with van der Waals surface area (Å²) >= 11 is 0. The third-order valence-electron chi connectivity index (χ3n) is 2.20. The zero-order chi connectivity index (χ0) is 14.2. The first-order valence-electron chi connectivity index (χ1n) is 7.46. The normalized spacial score (nSPS) is 9.00. The van der Waals surface area contributed by atoms with Crippen LogP contribution in [0.4, 0.5) is 0 Å². The fourth-order valence-corrected chi connectivity index (χ4v) is 1.34. The van der Waals surface area contributed by atoms with Gasteiger partial charge in [-0.25, -0.2) is 0 Å². The van der Waals surface area contributed by atoms with Gasteiger partial charge in [0.2, 0.25) is 0 Å². The molecule has 0 spiro atoms. The topological polar surface area (TPSA) is 42.7 Å². The molecule has 0 atom stereocenters. The molecule has 0 unspecified atom stereocenters. The van der Waals surface area contributed by atoms with E-state index >= 15 is 0 Å². The number of hydrogen-bond donors (Lipinski definition) is 1. The van der Waals surface area contributed by atoms with Gasteiger partial charge in [0.15, 0.2) is 0 Å². The lowest BCUT2D eigenvalue weighted by Gasteiger charge is -1.99. The monoisotopic (exact) mass is 256 g/mol. The van der Waals surface area contributed by atoms with Gasteiger partial charge in [-0.05, 0) is 39.3 Å². The number of hydrogen-bond acceptors (Lipinski definition) is 3. The van der Waals surface area contributed by atoms with Gasteiger partial charge in [-0.15, -0.1) is 5.10 Å². The molecular weight excluding hydrogens is 224 g/mol. The van der Waals surface area contributed by atoms with Crippen LogP contribution in [-0.4, -0.2) is 28.1 Å². The van der Waals surface area contributed by atoms with Crippen LogP contribution in [0.3, 0.4) is 0 Å². The molecule has 1 rings (SSSR count). The molecule has 0 bridgehead atoms. The van der Waals surface area contributed by atoms with Crippen molar-refractivity contribution in [3.8, 4) is 0 Å². The van der Waals surface area contributed by atoms with Crippen LogP contribution in [-0.2, 0) is 13.0 Å². The fourth-order valence-electron chi connectivity index (χ4n) is 1.34.